The standard InChI is InChI=1S/C17H23FN2S/c1-5-9-19-15(10-16-20-12(3)13(4)21-16)14-8-6-7-11(2)17(14)18/h6-8,15,19H,5,9-10H2,1-4H3. The first kappa shape index (κ1) is 16.1. The maximum atomic E-state index is 14.4. The lowest BCUT2D eigenvalue weighted by Crippen LogP contribution is -2.25. The van der Waals surface area contributed by atoms with E-state index in [4.69, 9.17) is 0 Å². The molecule has 2 rings (SSSR count). The Labute approximate surface area is 130 Å². The highest BCUT2D eigenvalue weighted by atomic mass is 32.1. The van der Waals surface area contributed by atoms with Gasteiger partial charge in [0.2, 0.25) is 0 Å². The van der Waals surface area contributed by atoms with Crippen molar-refractivity contribution >= 4 is 11.3 Å². The topological polar surface area (TPSA) is 24.9 Å². The number of nitrogens with zero attached hydrogens (tertiary/aromatic N) is 1. The molecule has 0 bridgehead atoms. The molecule has 4 heteroatoms. The number of hydrogen-bond donors (Lipinski definition) is 1. The summed E-state index contributed by atoms with van der Waals surface area (Å²) in [5, 5.41) is 4.53. The van der Waals surface area contributed by atoms with Crippen LogP contribution in [-0.2, 0) is 6.42 Å². The second kappa shape index (κ2) is 7.14. The summed E-state index contributed by atoms with van der Waals surface area (Å²) >= 11 is 1.71. The van der Waals surface area contributed by atoms with E-state index in [-0.39, 0.29) is 11.9 Å². The van der Waals surface area contributed by atoms with Gasteiger partial charge in [0.15, 0.2) is 0 Å². The molecule has 2 nitrogen and oxygen atoms in total. The van der Waals surface area contributed by atoms with Crippen molar-refractivity contribution in [2.45, 2.75) is 46.6 Å². The first-order valence-electron chi connectivity index (χ1n) is 7.44. The number of nitrogens with one attached hydrogen (secondary N) is 1. The van der Waals surface area contributed by atoms with Crippen LogP contribution in [0, 0.1) is 26.6 Å². The third-order valence-electron chi connectivity index (χ3n) is 3.69. The van der Waals surface area contributed by atoms with Crippen molar-refractivity contribution in [3.63, 3.8) is 0 Å². The second-order valence-electron chi connectivity index (χ2n) is 5.44. The van der Waals surface area contributed by atoms with Gasteiger partial charge in [0.1, 0.15) is 5.82 Å². The van der Waals surface area contributed by atoms with E-state index in [0.717, 1.165) is 35.7 Å². The molecule has 0 aliphatic rings. The highest BCUT2D eigenvalue weighted by Crippen LogP contribution is 2.26. The summed E-state index contributed by atoms with van der Waals surface area (Å²) < 4.78 is 14.4. The summed E-state index contributed by atoms with van der Waals surface area (Å²) in [6, 6.07) is 5.60. The summed E-state index contributed by atoms with van der Waals surface area (Å²) in [4.78, 5) is 5.83. The molecule has 2 aromatic rings. The van der Waals surface area contributed by atoms with Crippen molar-refractivity contribution in [3.05, 3.63) is 50.7 Å². The molecule has 0 aliphatic carbocycles. The van der Waals surface area contributed by atoms with E-state index < -0.39 is 0 Å². The Morgan fingerprint density at radius 2 is 2.05 bits per heavy atom. The van der Waals surface area contributed by atoms with Gasteiger partial charge < -0.3 is 5.32 Å². The highest BCUT2D eigenvalue weighted by molar-refractivity contribution is 7.11. The zero-order valence-electron chi connectivity index (χ0n) is 13.2. The molecular formula is C17H23FN2S. The Morgan fingerprint density at radius 3 is 2.67 bits per heavy atom. The molecule has 0 fully saturated rings. The molecule has 1 aromatic heterocycles. The maximum Gasteiger partial charge on any atom is 0.130 e. The number of benzene rings is 1. The lowest BCUT2D eigenvalue weighted by molar-refractivity contribution is 0.494. The van der Waals surface area contributed by atoms with Gasteiger partial charge in [-0.3, -0.25) is 0 Å². The molecule has 1 N–H and O–H groups in total. The summed E-state index contributed by atoms with van der Waals surface area (Å²) in [5.74, 6) is -0.101. The van der Waals surface area contributed by atoms with Crippen LogP contribution in [0.25, 0.3) is 0 Å². The lowest BCUT2D eigenvalue weighted by Gasteiger charge is -2.19. The predicted octanol–water partition coefficient (Wildman–Crippen LogP) is 4.49. The van der Waals surface area contributed by atoms with Gasteiger partial charge in [-0.1, -0.05) is 25.1 Å². The van der Waals surface area contributed by atoms with E-state index in [1.807, 2.05) is 32.0 Å². The Balaban J connectivity index is 2.27. The van der Waals surface area contributed by atoms with Crippen LogP contribution >= 0.6 is 11.3 Å². The average molecular weight is 306 g/mol. The number of aromatic nitrogens is 1. The first-order chi connectivity index (χ1) is 10.0. The quantitative estimate of drug-likeness (QED) is 0.850. The van der Waals surface area contributed by atoms with Crippen LogP contribution in [0.4, 0.5) is 4.39 Å². The highest BCUT2D eigenvalue weighted by Gasteiger charge is 2.18. The lowest BCUT2D eigenvalue weighted by atomic mass is 10.0. The second-order valence-corrected chi connectivity index (χ2v) is 6.73. The molecule has 1 heterocycles. The summed E-state index contributed by atoms with van der Waals surface area (Å²) in [6.07, 6.45) is 1.76. The average Bonchev–Trinajstić information content (AvgIpc) is 2.76. The summed E-state index contributed by atoms with van der Waals surface area (Å²) in [7, 11) is 0. The molecular weight excluding hydrogens is 283 g/mol. The molecule has 0 radical (unpaired) electrons. The van der Waals surface area contributed by atoms with Crippen LogP contribution in [0.5, 0.6) is 0 Å². The van der Waals surface area contributed by atoms with Gasteiger partial charge in [0.25, 0.3) is 0 Å². The van der Waals surface area contributed by atoms with Crippen LogP contribution in [0.15, 0.2) is 18.2 Å². The fraction of sp³-hybridized carbons (Fsp3) is 0.471. The van der Waals surface area contributed by atoms with Crippen LogP contribution in [0.3, 0.4) is 0 Å². The van der Waals surface area contributed by atoms with Gasteiger partial charge in [0.05, 0.1) is 10.7 Å². The van der Waals surface area contributed by atoms with E-state index >= 15 is 0 Å². The first-order valence-corrected chi connectivity index (χ1v) is 8.25. The normalized spacial score (nSPS) is 12.6. The SMILES string of the molecule is CCCNC(Cc1nc(C)c(C)s1)c1cccc(C)c1F. The minimum atomic E-state index is -0.101. The molecule has 0 spiro atoms. The molecule has 0 saturated carbocycles. The van der Waals surface area contributed by atoms with Gasteiger partial charge in [-0.15, -0.1) is 11.3 Å². The molecule has 1 atom stereocenters. The number of halogens is 1. The smallest absolute Gasteiger partial charge is 0.130 e. The van der Waals surface area contributed by atoms with Crippen LogP contribution in [0.2, 0.25) is 0 Å². The van der Waals surface area contributed by atoms with Crippen LogP contribution in [0.1, 0.15) is 46.1 Å². The number of hydrogen-bond acceptors (Lipinski definition) is 3. The maximum absolute atomic E-state index is 14.4. The zero-order valence-corrected chi connectivity index (χ0v) is 14.0. The summed E-state index contributed by atoms with van der Waals surface area (Å²) in [6.45, 7) is 8.92. The molecule has 0 aliphatic heterocycles. The summed E-state index contributed by atoms with van der Waals surface area (Å²) in [5.41, 5.74) is 2.52. The van der Waals surface area contributed by atoms with E-state index in [1.165, 1.54) is 4.88 Å². The van der Waals surface area contributed by atoms with E-state index in [0.29, 0.717) is 5.56 Å². The minimum absolute atomic E-state index is 0.0187. The van der Waals surface area contributed by atoms with Crippen molar-refractivity contribution in [1.82, 2.24) is 10.3 Å². The zero-order chi connectivity index (χ0) is 15.4. The third-order valence-corrected chi connectivity index (χ3v) is 4.78. The van der Waals surface area contributed by atoms with Crippen molar-refractivity contribution in [3.8, 4) is 0 Å². The predicted molar refractivity (Wildman–Crippen MR) is 87.5 cm³/mol. The molecule has 1 aromatic carbocycles. The molecule has 21 heavy (non-hydrogen) atoms. The Hall–Kier alpha value is -1.26. The van der Waals surface area contributed by atoms with Gasteiger partial charge in [-0.25, -0.2) is 9.37 Å². The van der Waals surface area contributed by atoms with Gasteiger partial charge in [-0.2, -0.15) is 0 Å². The third kappa shape index (κ3) is 3.89. The van der Waals surface area contributed by atoms with Gasteiger partial charge in [-0.05, 0) is 39.3 Å². The molecule has 0 amide bonds. The van der Waals surface area contributed by atoms with Crippen molar-refractivity contribution < 1.29 is 4.39 Å². The van der Waals surface area contributed by atoms with E-state index in [1.54, 1.807) is 11.3 Å². The van der Waals surface area contributed by atoms with Crippen molar-refractivity contribution in [2.75, 3.05) is 6.54 Å². The fourth-order valence-electron chi connectivity index (χ4n) is 2.35. The van der Waals surface area contributed by atoms with Gasteiger partial charge >= 0.3 is 0 Å². The Morgan fingerprint density at radius 1 is 1.29 bits per heavy atom. The number of aryl methyl sites for hydroxylation is 3. The van der Waals surface area contributed by atoms with E-state index in [9.17, 15) is 4.39 Å². The minimum Gasteiger partial charge on any atom is -0.309 e. The van der Waals surface area contributed by atoms with Crippen molar-refractivity contribution in [1.29, 1.82) is 0 Å². The van der Waals surface area contributed by atoms with Crippen LogP contribution in [-0.4, -0.2) is 11.5 Å². The molecule has 1 unspecified atom stereocenters. The van der Waals surface area contributed by atoms with E-state index in [2.05, 4.69) is 24.1 Å². The molecule has 114 valence electrons. The number of thiazole rings is 1. The Kier molecular flexibility index (Phi) is 5.48. The fourth-order valence-corrected chi connectivity index (χ4v) is 3.33. The van der Waals surface area contributed by atoms with Gasteiger partial charge in [0, 0.05) is 22.9 Å². The largest absolute Gasteiger partial charge is 0.309 e. The number of rotatable bonds is 6. The Bertz CT molecular complexity index is 587. The van der Waals surface area contributed by atoms with Crippen molar-refractivity contribution in [2.24, 2.45) is 0 Å². The monoisotopic (exact) mass is 306 g/mol. The molecule has 0 saturated heterocycles. The van der Waals surface area contributed by atoms with Crippen LogP contribution < -0.4 is 5.32 Å².